The van der Waals surface area contributed by atoms with Crippen LogP contribution in [0, 0.1) is 0 Å². The summed E-state index contributed by atoms with van der Waals surface area (Å²) in [6.45, 7) is 1.56. The van der Waals surface area contributed by atoms with Crippen LogP contribution in [-0.4, -0.2) is 47.4 Å². The number of phenols is 1. The van der Waals surface area contributed by atoms with Crippen molar-refractivity contribution in [1.82, 2.24) is 0 Å². The van der Waals surface area contributed by atoms with Gasteiger partial charge in [-0.2, -0.15) is 0 Å². The van der Waals surface area contributed by atoms with E-state index in [-0.39, 0.29) is 23.5 Å². The van der Waals surface area contributed by atoms with Gasteiger partial charge in [0.2, 0.25) is 0 Å². The third-order valence-corrected chi connectivity index (χ3v) is 2.68. The minimum absolute atomic E-state index is 0.000656. The van der Waals surface area contributed by atoms with Crippen LogP contribution in [0.15, 0.2) is 12.1 Å². The van der Waals surface area contributed by atoms with Crippen molar-refractivity contribution in [3.63, 3.8) is 0 Å². The van der Waals surface area contributed by atoms with Crippen molar-refractivity contribution < 1.29 is 34.4 Å². The lowest BCUT2D eigenvalue weighted by molar-refractivity contribution is -0.159. The zero-order valence-electron chi connectivity index (χ0n) is 11.1. The summed E-state index contributed by atoms with van der Waals surface area (Å²) in [5.74, 6) is -1.58. The number of ether oxygens (including phenoxy) is 2. The molecule has 0 amide bonds. The third-order valence-electron chi connectivity index (χ3n) is 2.68. The first-order valence-corrected chi connectivity index (χ1v) is 5.85. The summed E-state index contributed by atoms with van der Waals surface area (Å²) in [5.41, 5.74) is -0.362. The molecule has 0 saturated heterocycles. The molecule has 0 spiro atoms. The molecule has 0 aromatic heterocycles. The summed E-state index contributed by atoms with van der Waals surface area (Å²) in [6, 6.07) is 2.62. The number of aliphatic hydroxyl groups is 2. The predicted molar refractivity (Wildman–Crippen MR) is 67.6 cm³/mol. The zero-order valence-corrected chi connectivity index (χ0v) is 11.1. The molecule has 1 aromatic rings. The largest absolute Gasteiger partial charge is 0.504 e. The molecule has 110 valence electrons. The van der Waals surface area contributed by atoms with Crippen molar-refractivity contribution in [3.05, 3.63) is 23.3 Å². The number of carbonyl (C=O) groups is 2. The molecule has 7 heteroatoms. The fourth-order valence-corrected chi connectivity index (χ4v) is 1.70. The van der Waals surface area contributed by atoms with Gasteiger partial charge in [0.1, 0.15) is 6.10 Å². The third kappa shape index (κ3) is 3.06. The maximum atomic E-state index is 11.4. The normalized spacial score (nSPS) is 13.4. The first-order chi connectivity index (χ1) is 9.47. The number of hydrogen-bond donors (Lipinski definition) is 3. The second-order valence-electron chi connectivity index (χ2n) is 3.88. The second-order valence-corrected chi connectivity index (χ2v) is 3.88. The van der Waals surface area contributed by atoms with Gasteiger partial charge in [0.15, 0.2) is 23.9 Å². The first kappa shape index (κ1) is 15.9. The van der Waals surface area contributed by atoms with E-state index in [0.29, 0.717) is 6.29 Å². The number of esters is 1. The van der Waals surface area contributed by atoms with Crippen LogP contribution in [0.5, 0.6) is 11.5 Å². The van der Waals surface area contributed by atoms with Crippen LogP contribution in [0.2, 0.25) is 0 Å². The van der Waals surface area contributed by atoms with Crippen LogP contribution >= 0.6 is 0 Å². The minimum atomic E-state index is -1.92. The Morgan fingerprint density at radius 3 is 2.55 bits per heavy atom. The monoisotopic (exact) mass is 284 g/mol. The van der Waals surface area contributed by atoms with Gasteiger partial charge in [-0.1, -0.05) is 0 Å². The molecule has 2 unspecified atom stereocenters. The van der Waals surface area contributed by atoms with Crippen LogP contribution in [-0.2, 0) is 9.53 Å². The van der Waals surface area contributed by atoms with E-state index in [1.807, 2.05) is 0 Å². The smallest absolute Gasteiger partial charge is 0.338 e. The molecule has 0 aliphatic heterocycles. The number of aliphatic hydroxyl groups excluding tert-OH is 2. The molecule has 7 nitrogen and oxygen atoms in total. The number of phenolic OH excluding ortho intramolecular Hbond substituents is 1. The Labute approximate surface area is 115 Å². The maximum Gasteiger partial charge on any atom is 0.338 e. The van der Waals surface area contributed by atoms with E-state index in [4.69, 9.17) is 4.74 Å². The van der Waals surface area contributed by atoms with Gasteiger partial charge in [-0.15, -0.1) is 0 Å². The standard InChI is InChI=1S/C13H16O7/c1-3-20-13(18)12(17)11(16)9-7(6-14)4-5-8(19-2)10(9)15/h4-6,11-12,15-17H,3H2,1-2H3. The molecule has 0 fully saturated rings. The van der Waals surface area contributed by atoms with Gasteiger partial charge in [-0.05, 0) is 19.1 Å². The molecular formula is C13H16O7. The van der Waals surface area contributed by atoms with Crippen LogP contribution in [0.4, 0.5) is 0 Å². The molecule has 0 saturated carbocycles. The van der Waals surface area contributed by atoms with Crippen LogP contribution in [0.25, 0.3) is 0 Å². The van der Waals surface area contributed by atoms with Crippen molar-refractivity contribution in [2.75, 3.05) is 13.7 Å². The fraction of sp³-hybridized carbons (Fsp3) is 0.385. The Morgan fingerprint density at radius 1 is 1.40 bits per heavy atom. The van der Waals surface area contributed by atoms with E-state index in [2.05, 4.69) is 4.74 Å². The van der Waals surface area contributed by atoms with Gasteiger partial charge in [0, 0.05) is 11.1 Å². The van der Waals surface area contributed by atoms with E-state index < -0.39 is 23.9 Å². The van der Waals surface area contributed by atoms with Gasteiger partial charge in [0.25, 0.3) is 0 Å². The van der Waals surface area contributed by atoms with E-state index in [9.17, 15) is 24.9 Å². The molecule has 0 heterocycles. The predicted octanol–water partition coefficient (Wildman–Crippen LogP) is 0.171. The fourth-order valence-electron chi connectivity index (χ4n) is 1.70. The van der Waals surface area contributed by atoms with Crippen LogP contribution in [0.3, 0.4) is 0 Å². The molecule has 1 aromatic carbocycles. The zero-order chi connectivity index (χ0) is 15.3. The molecular weight excluding hydrogens is 268 g/mol. The Bertz CT molecular complexity index is 498. The minimum Gasteiger partial charge on any atom is -0.504 e. The Kier molecular flexibility index (Phi) is 5.48. The van der Waals surface area contributed by atoms with Gasteiger partial charge in [-0.25, -0.2) is 4.79 Å². The maximum absolute atomic E-state index is 11.4. The highest BCUT2D eigenvalue weighted by Crippen LogP contribution is 2.37. The highest BCUT2D eigenvalue weighted by Gasteiger charge is 2.31. The van der Waals surface area contributed by atoms with Gasteiger partial charge >= 0.3 is 5.97 Å². The highest BCUT2D eigenvalue weighted by molar-refractivity contribution is 5.82. The number of hydrogen-bond acceptors (Lipinski definition) is 7. The summed E-state index contributed by atoms with van der Waals surface area (Å²) >= 11 is 0. The molecule has 0 aliphatic carbocycles. The van der Waals surface area contributed by atoms with Crippen molar-refractivity contribution in [2.45, 2.75) is 19.1 Å². The number of carbonyl (C=O) groups excluding carboxylic acids is 2. The summed E-state index contributed by atoms with van der Waals surface area (Å²) in [5, 5.41) is 29.6. The summed E-state index contributed by atoms with van der Waals surface area (Å²) in [4.78, 5) is 22.3. The van der Waals surface area contributed by atoms with E-state index in [0.717, 1.165) is 0 Å². The quantitative estimate of drug-likeness (QED) is 0.504. The SMILES string of the molecule is CCOC(=O)C(O)C(O)c1c(C=O)ccc(OC)c1O. The number of methoxy groups -OCH3 is 1. The molecule has 0 bridgehead atoms. The molecule has 20 heavy (non-hydrogen) atoms. The lowest BCUT2D eigenvalue weighted by Gasteiger charge is -2.20. The Morgan fingerprint density at radius 2 is 2.05 bits per heavy atom. The van der Waals surface area contributed by atoms with Crippen molar-refractivity contribution in [2.24, 2.45) is 0 Å². The Hall–Kier alpha value is -2.12. The average Bonchev–Trinajstić information content (AvgIpc) is 2.45. The molecule has 0 radical (unpaired) electrons. The van der Waals surface area contributed by atoms with Crippen LogP contribution in [0.1, 0.15) is 28.9 Å². The number of aromatic hydroxyl groups is 1. The second kappa shape index (κ2) is 6.88. The molecule has 0 aliphatic rings. The average molecular weight is 284 g/mol. The number of aldehydes is 1. The van der Waals surface area contributed by atoms with Crippen molar-refractivity contribution in [3.8, 4) is 11.5 Å². The molecule has 1 rings (SSSR count). The van der Waals surface area contributed by atoms with E-state index in [1.54, 1.807) is 0 Å². The number of benzene rings is 1. The highest BCUT2D eigenvalue weighted by atomic mass is 16.5. The lowest BCUT2D eigenvalue weighted by atomic mass is 9.97. The van der Waals surface area contributed by atoms with Crippen molar-refractivity contribution in [1.29, 1.82) is 0 Å². The Balaban J connectivity index is 3.22. The lowest BCUT2D eigenvalue weighted by Crippen LogP contribution is -2.30. The number of rotatable bonds is 6. The summed E-state index contributed by atoms with van der Waals surface area (Å²) in [7, 11) is 1.29. The summed E-state index contributed by atoms with van der Waals surface area (Å²) < 4.78 is 9.41. The van der Waals surface area contributed by atoms with Gasteiger partial charge in [0.05, 0.1) is 13.7 Å². The molecule has 3 N–H and O–H groups in total. The summed E-state index contributed by atoms with van der Waals surface area (Å²) in [6.07, 6.45) is -3.36. The van der Waals surface area contributed by atoms with E-state index >= 15 is 0 Å². The van der Waals surface area contributed by atoms with Crippen molar-refractivity contribution >= 4 is 12.3 Å². The van der Waals surface area contributed by atoms with Crippen LogP contribution < -0.4 is 4.74 Å². The molecule has 2 atom stereocenters. The van der Waals surface area contributed by atoms with E-state index in [1.165, 1.54) is 26.2 Å². The van der Waals surface area contributed by atoms with Gasteiger partial charge in [-0.3, -0.25) is 4.79 Å². The first-order valence-electron chi connectivity index (χ1n) is 5.85. The van der Waals surface area contributed by atoms with Gasteiger partial charge < -0.3 is 24.8 Å². The topological polar surface area (TPSA) is 113 Å².